The van der Waals surface area contributed by atoms with Crippen molar-refractivity contribution in [1.29, 1.82) is 0 Å². The Morgan fingerprint density at radius 1 is 1.30 bits per heavy atom. The summed E-state index contributed by atoms with van der Waals surface area (Å²) < 4.78 is 13.8. The number of nitro groups is 1. The molecule has 1 fully saturated rings. The van der Waals surface area contributed by atoms with Gasteiger partial charge in [-0.25, -0.2) is 0 Å². The molecule has 1 heterocycles. The molecule has 0 aliphatic carbocycles. The fraction of sp³-hybridized carbons (Fsp3) is 0.571. The van der Waals surface area contributed by atoms with E-state index in [1.165, 1.54) is 31.4 Å². The van der Waals surface area contributed by atoms with Gasteiger partial charge in [-0.15, -0.1) is 0 Å². The van der Waals surface area contributed by atoms with Gasteiger partial charge in [0, 0.05) is 31.3 Å². The van der Waals surface area contributed by atoms with Crippen LogP contribution in [0.25, 0.3) is 0 Å². The number of piperidine rings is 1. The summed E-state index contributed by atoms with van der Waals surface area (Å²) in [6.45, 7) is 4.29. The van der Waals surface area contributed by atoms with Gasteiger partial charge < -0.3 is 10.2 Å². The third-order valence-electron chi connectivity index (χ3n) is 3.62. The number of hydrogen-bond acceptors (Lipinski definition) is 4. The first-order chi connectivity index (χ1) is 9.68. The van der Waals surface area contributed by atoms with Crippen LogP contribution in [0.1, 0.15) is 24.8 Å². The third-order valence-corrected chi connectivity index (χ3v) is 3.62. The standard InChI is InChI=1S/C14H20FN3O2/c15-14-12(5-4-6-13(14)18(19)20)11-16-7-10-17-8-2-1-3-9-17/h4-6,16H,1-3,7-11H2. The SMILES string of the molecule is O=[N+]([O-])c1cccc(CNCCN2CCCCC2)c1F. The van der Waals surface area contributed by atoms with E-state index >= 15 is 0 Å². The molecule has 0 radical (unpaired) electrons. The van der Waals surface area contributed by atoms with Crippen molar-refractivity contribution in [2.75, 3.05) is 26.2 Å². The molecule has 0 aromatic heterocycles. The Hall–Kier alpha value is -1.53. The predicted octanol–water partition coefficient (Wildman–Crippen LogP) is 2.31. The van der Waals surface area contributed by atoms with E-state index in [4.69, 9.17) is 0 Å². The number of nitro benzene ring substituents is 1. The fourth-order valence-electron chi connectivity index (χ4n) is 2.49. The number of halogens is 1. The molecule has 0 unspecified atom stereocenters. The van der Waals surface area contributed by atoms with Crippen molar-refractivity contribution in [2.24, 2.45) is 0 Å². The summed E-state index contributed by atoms with van der Waals surface area (Å²) in [5.41, 5.74) is -0.113. The molecule has 2 rings (SSSR count). The monoisotopic (exact) mass is 281 g/mol. The van der Waals surface area contributed by atoms with Crippen LogP contribution in [0.4, 0.5) is 10.1 Å². The number of benzene rings is 1. The summed E-state index contributed by atoms with van der Waals surface area (Å²) in [5.74, 6) is -0.733. The number of nitrogens with zero attached hydrogens (tertiary/aromatic N) is 2. The minimum Gasteiger partial charge on any atom is -0.311 e. The lowest BCUT2D eigenvalue weighted by molar-refractivity contribution is -0.387. The van der Waals surface area contributed by atoms with Crippen LogP contribution >= 0.6 is 0 Å². The van der Waals surface area contributed by atoms with Crippen molar-refractivity contribution in [2.45, 2.75) is 25.8 Å². The predicted molar refractivity (Wildman–Crippen MR) is 75.1 cm³/mol. The molecule has 0 amide bonds. The van der Waals surface area contributed by atoms with E-state index in [0.717, 1.165) is 26.2 Å². The Morgan fingerprint density at radius 3 is 2.75 bits per heavy atom. The van der Waals surface area contributed by atoms with E-state index in [2.05, 4.69) is 10.2 Å². The first kappa shape index (κ1) is 14.9. The maximum atomic E-state index is 13.8. The van der Waals surface area contributed by atoms with Gasteiger partial charge in [0.2, 0.25) is 5.82 Å². The third kappa shape index (κ3) is 3.98. The molecule has 1 saturated heterocycles. The quantitative estimate of drug-likeness (QED) is 0.494. The van der Waals surface area contributed by atoms with Crippen LogP contribution in [-0.4, -0.2) is 36.0 Å². The average Bonchev–Trinajstić information content (AvgIpc) is 2.46. The highest BCUT2D eigenvalue weighted by Crippen LogP contribution is 2.19. The van der Waals surface area contributed by atoms with Gasteiger partial charge in [0.15, 0.2) is 0 Å². The Balaban J connectivity index is 1.79. The van der Waals surface area contributed by atoms with E-state index < -0.39 is 16.4 Å². The van der Waals surface area contributed by atoms with Gasteiger partial charge >= 0.3 is 5.69 Å². The minimum atomic E-state index is -0.733. The Kier molecular flexibility index (Phi) is 5.43. The lowest BCUT2D eigenvalue weighted by Gasteiger charge is -2.26. The van der Waals surface area contributed by atoms with Gasteiger partial charge in [0.25, 0.3) is 0 Å². The molecular weight excluding hydrogens is 261 g/mol. The van der Waals surface area contributed by atoms with Crippen LogP contribution in [0, 0.1) is 15.9 Å². The van der Waals surface area contributed by atoms with Crippen LogP contribution in [0.15, 0.2) is 18.2 Å². The Bertz CT molecular complexity index is 462. The molecule has 110 valence electrons. The molecule has 0 bridgehead atoms. The zero-order valence-corrected chi connectivity index (χ0v) is 11.5. The second kappa shape index (κ2) is 7.31. The van der Waals surface area contributed by atoms with Gasteiger partial charge in [0.1, 0.15) is 0 Å². The highest BCUT2D eigenvalue weighted by Gasteiger charge is 2.16. The van der Waals surface area contributed by atoms with E-state index in [9.17, 15) is 14.5 Å². The van der Waals surface area contributed by atoms with Crippen molar-refractivity contribution in [3.8, 4) is 0 Å². The highest BCUT2D eigenvalue weighted by atomic mass is 19.1. The highest BCUT2D eigenvalue weighted by molar-refractivity contribution is 5.36. The summed E-state index contributed by atoms with van der Waals surface area (Å²) in [5, 5.41) is 13.8. The van der Waals surface area contributed by atoms with E-state index in [1.807, 2.05) is 0 Å². The van der Waals surface area contributed by atoms with E-state index in [1.54, 1.807) is 6.07 Å². The van der Waals surface area contributed by atoms with Gasteiger partial charge in [-0.2, -0.15) is 4.39 Å². The van der Waals surface area contributed by atoms with Crippen LogP contribution in [0.5, 0.6) is 0 Å². The smallest absolute Gasteiger partial charge is 0.305 e. The van der Waals surface area contributed by atoms with Crippen molar-refractivity contribution in [3.05, 3.63) is 39.7 Å². The van der Waals surface area contributed by atoms with Crippen LogP contribution in [-0.2, 0) is 6.54 Å². The lowest BCUT2D eigenvalue weighted by atomic mass is 10.1. The first-order valence-corrected chi connectivity index (χ1v) is 7.03. The molecule has 1 aromatic rings. The summed E-state index contributed by atoms with van der Waals surface area (Å²) in [7, 11) is 0. The van der Waals surface area contributed by atoms with Crippen LogP contribution in [0.3, 0.4) is 0 Å². The second-order valence-corrected chi connectivity index (χ2v) is 5.09. The Morgan fingerprint density at radius 2 is 2.05 bits per heavy atom. The summed E-state index contributed by atoms with van der Waals surface area (Å²) in [4.78, 5) is 12.4. The summed E-state index contributed by atoms with van der Waals surface area (Å²) >= 11 is 0. The lowest BCUT2D eigenvalue weighted by Crippen LogP contribution is -2.35. The van der Waals surface area contributed by atoms with Gasteiger partial charge in [-0.3, -0.25) is 10.1 Å². The Labute approximate surface area is 117 Å². The van der Waals surface area contributed by atoms with Crippen molar-refractivity contribution < 1.29 is 9.31 Å². The van der Waals surface area contributed by atoms with Crippen LogP contribution < -0.4 is 5.32 Å². The molecular formula is C14H20FN3O2. The first-order valence-electron chi connectivity index (χ1n) is 7.03. The van der Waals surface area contributed by atoms with E-state index in [-0.39, 0.29) is 0 Å². The topological polar surface area (TPSA) is 58.4 Å². The number of rotatable bonds is 6. The normalized spacial score (nSPS) is 16.2. The fourth-order valence-corrected chi connectivity index (χ4v) is 2.49. The molecule has 1 aromatic carbocycles. The number of likely N-dealkylation sites (tertiary alicyclic amines) is 1. The maximum Gasteiger partial charge on any atom is 0.305 e. The second-order valence-electron chi connectivity index (χ2n) is 5.09. The molecule has 1 N–H and O–H groups in total. The van der Waals surface area contributed by atoms with Crippen molar-refractivity contribution in [3.63, 3.8) is 0 Å². The molecule has 1 aliphatic rings. The largest absolute Gasteiger partial charge is 0.311 e. The van der Waals surface area contributed by atoms with E-state index in [0.29, 0.717) is 12.1 Å². The maximum absolute atomic E-state index is 13.8. The summed E-state index contributed by atoms with van der Waals surface area (Å²) in [6.07, 6.45) is 3.81. The molecule has 0 saturated carbocycles. The van der Waals surface area contributed by atoms with Crippen LogP contribution in [0.2, 0.25) is 0 Å². The molecule has 0 spiro atoms. The molecule has 0 atom stereocenters. The number of nitrogens with one attached hydrogen (secondary N) is 1. The zero-order valence-electron chi connectivity index (χ0n) is 11.5. The summed E-state index contributed by atoms with van der Waals surface area (Å²) in [6, 6.07) is 4.28. The molecule has 20 heavy (non-hydrogen) atoms. The van der Waals surface area contributed by atoms with Gasteiger partial charge in [0.05, 0.1) is 4.92 Å². The molecule has 5 nitrogen and oxygen atoms in total. The molecule has 6 heteroatoms. The van der Waals surface area contributed by atoms with Gasteiger partial charge in [-0.1, -0.05) is 18.6 Å². The average molecular weight is 281 g/mol. The zero-order chi connectivity index (χ0) is 14.4. The molecule has 1 aliphatic heterocycles. The van der Waals surface area contributed by atoms with Crippen molar-refractivity contribution >= 4 is 5.69 Å². The van der Waals surface area contributed by atoms with Crippen molar-refractivity contribution in [1.82, 2.24) is 10.2 Å². The number of hydrogen-bond donors (Lipinski definition) is 1. The van der Waals surface area contributed by atoms with Gasteiger partial charge in [-0.05, 0) is 25.9 Å². The minimum absolute atomic E-state index is 0.321.